The predicted octanol–water partition coefficient (Wildman–Crippen LogP) is 4.40. The van der Waals surface area contributed by atoms with Crippen LogP contribution in [0, 0.1) is 0 Å². The maximum Gasteiger partial charge on any atom is 0.321 e. The molecular formula is C30H30N2O3. The SMILES string of the molecule is O=C(Cc1ccc2ccccc2c1)N[C@H](CN[C@@H](Cc1ccccc1)C(=O)O)Cc1ccccc1. The van der Waals surface area contributed by atoms with Crippen LogP contribution in [0.5, 0.6) is 0 Å². The molecule has 4 aromatic carbocycles. The van der Waals surface area contributed by atoms with Crippen LogP contribution in [-0.2, 0) is 28.9 Å². The first kappa shape index (κ1) is 24.2. The molecule has 4 aromatic rings. The molecule has 0 saturated heterocycles. The lowest BCUT2D eigenvalue weighted by atomic mass is 10.0. The molecule has 0 heterocycles. The van der Waals surface area contributed by atoms with Crippen molar-refractivity contribution in [3.63, 3.8) is 0 Å². The van der Waals surface area contributed by atoms with Gasteiger partial charge in [0.2, 0.25) is 5.91 Å². The average molecular weight is 467 g/mol. The highest BCUT2D eigenvalue weighted by Gasteiger charge is 2.21. The van der Waals surface area contributed by atoms with Crippen LogP contribution < -0.4 is 10.6 Å². The van der Waals surface area contributed by atoms with Crippen molar-refractivity contribution in [1.29, 1.82) is 0 Å². The van der Waals surface area contributed by atoms with Crippen molar-refractivity contribution >= 4 is 22.6 Å². The Balaban J connectivity index is 1.43. The van der Waals surface area contributed by atoms with Gasteiger partial charge in [0.1, 0.15) is 6.04 Å². The first-order chi connectivity index (χ1) is 17.1. The van der Waals surface area contributed by atoms with Gasteiger partial charge in [0.15, 0.2) is 0 Å². The second-order valence-corrected chi connectivity index (χ2v) is 8.80. The number of carboxylic acids is 1. The van der Waals surface area contributed by atoms with Gasteiger partial charge in [0.05, 0.1) is 6.42 Å². The van der Waals surface area contributed by atoms with Gasteiger partial charge in [-0.2, -0.15) is 0 Å². The third-order valence-electron chi connectivity index (χ3n) is 6.06. The molecule has 0 saturated carbocycles. The lowest BCUT2D eigenvalue weighted by Crippen LogP contribution is -2.49. The van der Waals surface area contributed by atoms with Gasteiger partial charge < -0.3 is 15.7 Å². The van der Waals surface area contributed by atoms with E-state index >= 15 is 0 Å². The van der Waals surface area contributed by atoms with E-state index in [1.807, 2.05) is 97.1 Å². The summed E-state index contributed by atoms with van der Waals surface area (Å²) < 4.78 is 0. The van der Waals surface area contributed by atoms with Crippen LogP contribution in [-0.4, -0.2) is 35.6 Å². The molecule has 0 aromatic heterocycles. The molecule has 0 aliphatic rings. The summed E-state index contributed by atoms with van der Waals surface area (Å²) in [5, 5.41) is 18.3. The van der Waals surface area contributed by atoms with Crippen molar-refractivity contribution < 1.29 is 14.7 Å². The number of hydrogen-bond donors (Lipinski definition) is 3. The molecule has 0 bridgehead atoms. The van der Waals surface area contributed by atoms with Crippen molar-refractivity contribution in [2.45, 2.75) is 31.3 Å². The Morgan fingerprint density at radius 3 is 1.94 bits per heavy atom. The molecule has 5 nitrogen and oxygen atoms in total. The Labute approximate surface area is 205 Å². The van der Waals surface area contributed by atoms with E-state index in [1.165, 1.54) is 0 Å². The molecule has 0 aliphatic carbocycles. The fourth-order valence-corrected chi connectivity index (χ4v) is 4.27. The summed E-state index contributed by atoms with van der Waals surface area (Å²) in [7, 11) is 0. The van der Waals surface area contributed by atoms with Crippen molar-refractivity contribution in [2.75, 3.05) is 6.54 Å². The van der Waals surface area contributed by atoms with Gasteiger partial charge >= 0.3 is 5.97 Å². The minimum absolute atomic E-state index is 0.0852. The number of rotatable bonds is 11. The summed E-state index contributed by atoms with van der Waals surface area (Å²) in [4.78, 5) is 24.9. The zero-order chi connectivity index (χ0) is 24.5. The second kappa shape index (κ2) is 12.0. The topological polar surface area (TPSA) is 78.4 Å². The first-order valence-corrected chi connectivity index (χ1v) is 11.9. The molecule has 3 N–H and O–H groups in total. The standard InChI is InChI=1S/C30H30N2O3/c33-29(20-24-15-16-25-13-7-8-14-26(25)17-24)32-27(18-22-9-3-1-4-10-22)21-31-28(30(34)35)19-23-11-5-2-6-12-23/h1-17,27-28,31H,18-21H2,(H,32,33)(H,34,35)/t27-,28-/m0/s1. The lowest BCUT2D eigenvalue weighted by Gasteiger charge is -2.23. The zero-order valence-electron chi connectivity index (χ0n) is 19.6. The average Bonchev–Trinajstić information content (AvgIpc) is 2.87. The number of nitrogens with one attached hydrogen (secondary N) is 2. The maximum absolute atomic E-state index is 13.0. The summed E-state index contributed by atoms with van der Waals surface area (Å²) in [5.74, 6) is -0.993. The van der Waals surface area contributed by atoms with E-state index in [0.717, 1.165) is 27.5 Å². The minimum Gasteiger partial charge on any atom is -0.480 e. The van der Waals surface area contributed by atoms with Crippen molar-refractivity contribution in [3.05, 3.63) is 120 Å². The van der Waals surface area contributed by atoms with Gasteiger partial charge in [-0.25, -0.2) is 0 Å². The number of hydrogen-bond acceptors (Lipinski definition) is 3. The number of carbonyl (C=O) groups is 2. The smallest absolute Gasteiger partial charge is 0.321 e. The fourth-order valence-electron chi connectivity index (χ4n) is 4.27. The van der Waals surface area contributed by atoms with E-state index < -0.39 is 12.0 Å². The van der Waals surface area contributed by atoms with E-state index in [1.54, 1.807) is 0 Å². The summed E-state index contributed by atoms with van der Waals surface area (Å²) in [6.07, 6.45) is 1.25. The second-order valence-electron chi connectivity index (χ2n) is 8.80. The fraction of sp³-hybridized carbons (Fsp3) is 0.200. The molecule has 1 amide bonds. The largest absolute Gasteiger partial charge is 0.480 e. The van der Waals surface area contributed by atoms with Crippen LogP contribution in [0.1, 0.15) is 16.7 Å². The normalized spacial score (nSPS) is 12.7. The van der Waals surface area contributed by atoms with Gasteiger partial charge in [-0.1, -0.05) is 103 Å². The molecule has 0 aliphatic heterocycles. The minimum atomic E-state index is -0.908. The number of fused-ring (bicyclic) bond motifs is 1. The van der Waals surface area contributed by atoms with Crippen LogP contribution in [0.2, 0.25) is 0 Å². The molecule has 35 heavy (non-hydrogen) atoms. The lowest BCUT2D eigenvalue weighted by molar-refractivity contribution is -0.139. The third-order valence-corrected chi connectivity index (χ3v) is 6.06. The number of carbonyl (C=O) groups excluding carboxylic acids is 1. The monoisotopic (exact) mass is 466 g/mol. The summed E-state index contributed by atoms with van der Waals surface area (Å²) in [6, 6.07) is 32.6. The van der Waals surface area contributed by atoms with E-state index in [-0.39, 0.29) is 18.4 Å². The number of aliphatic carboxylic acids is 1. The summed E-state index contributed by atoms with van der Waals surface area (Å²) in [6.45, 7) is 0.349. The highest BCUT2D eigenvalue weighted by Crippen LogP contribution is 2.16. The Kier molecular flexibility index (Phi) is 8.25. The Bertz CT molecular complexity index is 1260. The number of amides is 1. The van der Waals surface area contributed by atoms with E-state index in [4.69, 9.17) is 0 Å². The van der Waals surface area contributed by atoms with Crippen LogP contribution in [0.25, 0.3) is 10.8 Å². The highest BCUT2D eigenvalue weighted by atomic mass is 16.4. The Hall–Kier alpha value is -3.96. The molecule has 178 valence electrons. The molecule has 2 atom stereocenters. The summed E-state index contributed by atoms with van der Waals surface area (Å²) in [5.41, 5.74) is 2.98. The van der Waals surface area contributed by atoms with E-state index in [0.29, 0.717) is 19.4 Å². The Morgan fingerprint density at radius 2 is 1.29 bits per heavy atom. The predicted molar refractivity (Wildman–Crippen MR) is 139 cm³/mol. The van der Waals surface area contributed by atoms with Crippen molar-refractivity contribution in [2.24, 2.45) is 0 Å². The Morgan fingerprint density at radius 1 is 0.686 bits per heavy atom. The van der Waals surface area contributed by atoms with Crippen molar-refractivity contribution in [1.82, 2.24) is 10.6 Å². The van der Waals surface area contributed by atoms with Crippen molar-refractivity contribution in [3.8, 4) is 0 Å². The van der Waals surface area contributed by atoms with Gasteiger partial charge in [-0.15, -0.1) is 0 Å². The van der Waals surface area contributed by atoms with Gasteiger partial charge in [-0.05, 0) is 40.3 Å². The first-order valence-electron chi connectivity index (χ1n) is 11.9. The van der Waals surface area contributed by atoms with Crippen LogP contribution in [0.15, 0.2) is 103 Å². The number of carboxylic acid groups (broad SMARTS) is 1. The number of benzene rings is 4. The molecule has 4 rings (SSSR count). The van der Waals surface area contributed by atoms with Gasteiger partial charge in [-0.3, -0.25) is 9.59 Å². The maximum atomic E-state index is 13.0. The van der Waals surface area contributed by atoms with E-state index in [2.05, 4.69) is 16.7 Å². The molecule has 0 unspecified atom stereocenters. The summed E-state index contributed by atoms with van der Waals surface area (Å²) >= 11 is 0. The molecular weight excluding hydrogens is 436 g/mol. The van der Waals surface area contributed by atoms with Crippen LogP contribution in [0.3, 0.4) is 0 Å². The molecule has 5 heteroatoms. The van der Waals surface area contributed by atoms with Gasteiger partial charge in [0.25, 0.3) is 0 Å². The molecule has 0 fully saturated rings. The molecule has 0 radical (unpaired) electrons. The van der Waals surface area contributed by atoms with Crippen LogP contribution >= 0.6 is 0 Å². The third kappa shape index (κ3) is 7.26. The molecule has 0 spiro atoms. The zero-order valence-corrected chi connectivity index (χ0v) is 19.6. The highest BCUT2D eigenvalue weighted by molar-refractivity contribution is 5.85. The van der Waals surface area contributed by atoms with Gasteiger partial charge in [0, 0.05) is 12.6 Å². The quantitative estimate of drug-likeness (QED) is 0.306. The van der Waals surface area contributed by atoms with Crippen LogP contribution in [0.4, 0.5) is 0 Å². The van der Waals surface area contributed by atoms with E-state index in [9.17, 15) is 14.7 Å².